The summed E-state index contributed by atoms with van der Waals surface area (Å²) in [5.41, 5.74) is 0. The van der Waals surface area contributed by atoms with E-state index in [-0.39, 0.29) is 6.10 Å². The molecule has 0 spiro atoms. The van der Waals surface area contributed by atoms with Gasteiger partial charge in [-0.25, -0.2) is 0 Å². The van der Waals surface area contributed by atoms with E-state index in [4.69, 9.17) is 21.4 Å². The molecule has 0 aliphatic carbocycles. The Morgan fingerprint density at radius 2 is 2.47 bits per heavy atom. The lowest BCUT2D eigenvalue weighted by molar-refractivity contribution is -0.137. The second-order valence-corrected chi connectivity index (χ2v) is 4.32. The third-order valence-electron chi connectivity index (χ3n) is 2.62. The summed E-state index contributed by atoms with van der Waals surface area (Å²) in [6, 6.07) is 0. The van der Waals surface area contributed by atoms with E-state index in [0.717, 1.165) is 32.5 Å². The van der Waals surface area contributed by atoms with Crippen LogP contribution in [-0.2, 0) is 9.53 Å². The molecule has 2 unspecified atom stereocenters. The van der Waals surface area contributed by atoms with Crippen LogP contribution in [0.3, 0.4) is 0 Å². The Bertz CT molecular complexity index is 207. The minimum absolute atomic E-state index is 0.252. The Morgan fingerprint density at radius 3 is 2.93 bits per heavy atom. The largest absolute Gasteiger partial charge is 0.480 e. The van der Waals surface area contributed by atoms with Crippen LogP contribution in [0.5, 0.6) is 0 Å². The number of carboxylic acids is 1. The van der Waals surface area contributed by atoms with Gasteiger partial charge in [-0.1, -0.05) is 6.92 Å². The molecule has 0 saturated carbocycles. The summed E-state index contributed by atoms with van der Waals surface area (Å²) in [6.45, 7) is 4.79. The van der Waals surface area contributed by atoms with Gasteiger partial charge in [0.15, 0.2) is 0 Å². The molecule has 0 radical (unpaired) electrons. The summed E-state index contributed by atoms with van der Waals surface area (Å²) >= 11 is 5.69. The molecule has 1 N–H and O–H groups in total. The van der Waals surface area contributed by atoms with E-state index in [9.17, 15) is 4.79 Å². The van der Waals surface area contributed by atoms with E-state index in [1.165, 1.54) is 0 Å². The van der Waals surface area contributed by atoms with Crippen LogP contribution in [0.2, 0.25) is 0 Å². The number of rotatable bonds is 6. The molecule has 0 aromatic carbocycles. The maximum Gasteiger partial charge on any atom is 0.322 e. The van der Waals surface area contributed by atoms with Gasteiger partial charge < -0.3 is 9.84 Å². The van der Waals surface area contributed by atoms with E-state index in [2.05, 4.69) is 0 Å². The Balaban J connectivity index is 2.31. The topological polar surface area (TPSA) is 49.8 Å². The van der Waals surface area contributed by atoms with Crippen LogP contribution in [0.4, 0.5) is 0 Å². The Morgan fingerprint density at radius 1 is 1.73 bits per heavy atom. The van der Waals surface area contributed by atoms with E-state index >= 15 is 0 Å². The molecule has 5 heteroatoms. The summed E-state index contributed by atoms with van der Waals surface area (Å²) < 4.78 is 5.50. The molecule has 1 rings (SSSR count). The van der Waals surface area contributed by atoms with Gasteiger partial charge in [0.2, 0.25) is 0 Å². The molecule has 2 atom stereocenters. The van der Waals surface area contributed by atoms with Crippen molar-refractivity contribution in [3.8, 4) is 0 Å². The number of hydrogen-bond acceptors (Lipinski definition) is 3. The minimum Gasteiger partial charge on any atom is -0.480 e. The average molecular weight is 236 g/mol. The number of alkyl halides is 1. The van der Waals surface area contributed by atoms with Crippen molar-refractivity contribution in [3.05, 3.63) is 0 Å². The molecule has 1 heterocycles. The fourth-order valence-corrected chi connectivity index (χ4v) is 1.91. The Kier molecular flexibility index (Phi) is 5.36. The highest BCUT2D eigenvalue weighted by Gasteiger charge is 2.22. The van der Waals surface area contributed by atoms with Gasteiger partial charge in [0.25, 0.3) is 0 Å². The highest BCUT2D eigenvalue weighted by Crippen LogP contribution is 2.14. The summed E-state index contributed by atoms with van der Waals surface area (Å²) in [5.74, 6) is -0.956. The first-order chi connectivity index (χ1) is 7.13. The highest BCUT2D eigenvalue weighted by atomic mass is 35.5. The number of hydrogen-bond donors (Lipinski definition) is 1. The van der Waals surface area contributed by atoms with Crippen molar-refractivity contribution in [1.82, 2.24) is 4.90 Å². The molecule has 4 nitrogen and oxygen atoms in total. The summed E-state index contributed by atoms with van der Waals surface area (Å²) in [6.07, 6.45) is 2.42. The monoisotopic (exact) mass is 235 g/mol. The number of likely N-dealkylation sites (N-methyl/N-ethyl adjacent to an activating group) is 1. The second-order valence-electron chi connectivity index (χ2n) is 3.79. The summed E-state index contributed by atoms with van der Waals surface area (Å²) in [7, 11) is 0. The number of aliphatic carboxylic acids is 1. The number of ether oxygens (including phenoxy) is 1. The predicted octanol–water partition coefficient (Wildman–Crippen LogP) is 1.18. The van der Waals surface area contributed by atoms with Crippen molar-refractivity contribution in [2.24, 2.45) is 0 Å². The molecule has 0 aromatic rings. The fourth-order valence-electron chi connectivity index (χ4n) is 1.71. The van der Waals surface area contributed by atoms with Gasteiger partial charge in [0.05, 0.1) is 6.10 Å². The molecule has 0 aromatic heterocycles. The third-order valence-corrected chi connectivity index (χ3v) is 2.94. The van der Waals surface area contributed by atoms with E-state index in [1.807, 2.05) is 11.8 Å². The summed E-state index contributed by atoms with van der Waals surface area (Å²) in [4.78, 5) is 12.6. The quantitative estimate of drug-likeness (QED) is 0.703. The lowest BCUT2D eigenvalue weighted by atomic mass is 10.2. The zero-order valence-corrected chi connectivity index (χ0v) is 9.74. The van der Waals surface area contributed by atoms with Crippen LogP contribution in [-0.4, -0.2) is 53.7 Å². The third kappa shape index (κ3) is 4.36. The molecular weight excluding hydrogens is 218 g/mol. The highest BCUT2D eigenvalue weighted by molar-refractivity contribution is 6.29. The number of carboxylic acid groups (broad SMARTS) is 1. The Hall–Kier alpha value is -0.320. The predicted molar refractivity (Wildman–Crippen MR) is 58.4 cm³/mol. The lowest BCUT2D eigenvalue weighted by Crippen LogP contribution is -2.38. The lowest BCUT2D eigenvalue weighted by Gasteiger charge is -2.24. The standard InChI is InChI=1S/C10H18ClNO3/c1-2-12(7-9(11)10(13)14)6-8-4-3-5-15-8/h8-9H,2-7H2,1H3,(H,13,14). The maximum absolute atomic E-state index is 10.6. The molecule has 0 amide bonds. The molecule has 0 bridgehead atoms. The number of carbonyl (C=O) groups is 1. The molecular formula is C10H18ClNO3. The van der Waals surface area contributed by atoms with Gasteiger partial charge in [-0.15, -0.1) is 11.6 Å². The van der Waals surface area contributed by atoms with Gasteiger partial charge in [-0.3, -0.25) is 9.69 Å². The van der Waals surface area contributed by atoms with E-state index < -0.39 is 11.3 Å². The maximum atomic E-state index is 10.6. The minimum atomic E-state index is -0.956. The average Bonchev–Trinajstić information content (AvgIpc) is 2.69. The van der Waals surface area contributed by atoms with Crippen LogP contribution < -0.4 is 0 Å². The van der Waals surface area contributed by atoms with Crippen molar-refractivity contribution >= 4 is 17.6 Å². The number of nitrogens with zero attached hydrogens (tertiary/aromatic N) is 1. The fraction of sp³-hybridized carbons (Fsp3) is 0.900. The van der Waals surface area contributed by atoms with Crippen molar-refractivity contribution in [2.45, 2.75) is 31.2 Å². The molecule has 1 aliphatic heterocycles. The van der Waals surface area contributed by atoms with Crippen molar-refractivity contribution in [2.75, 3.05) is 26.2 Å². The van der Waals surface area contributed by atoms with Crippen molar-refractivity contribution in [3.63, 3.8) is 0 Å². The Labute approximate surface area is 95.2 Å². The zero-order chi connectivity index (χ0) is 11.3. The molecule has 88 valence electrons. The first-order valence-corrected chi connectivity index (χ1v) is 5.78. The first-order valence-electron chi connectivity index (χ1n) is 5.34. The van der Waals surface area contributed by atoms with Crippen LogP contribution in [0.15, 0.2) is 0 Å². The van der Waals surface area contributed by atoms with E-state index in [1.54, 1.807) is 0 Å². The second kappa shape index (κ2) is 6.30. The molecule has 15 heavy (non-hydrogen) atoms. The molecule has 1 fully saturated rings. The van der Waals surface area contributed by atoms with Crippen LogP contribution in [0, 0.1) is 0 Å². The number of halogens is 1. The van der Waals surface area contributed by atoms with Crippen molar-refractivity contribution in [1.29, 1.82) is 0 Å². The van der Waals surface area contributed by atoms with Crippen LogP contribution in [0.25, 0.3) is 0 Å². The van der Waals surface area contributed by atoms with Gasteiger partial charge in [0.1, 0.15) is 5.38 Å². The smallest absolute Gasteiger partial charge is 0.322 e. The molecule has 1 aliphatic rings. The first kappa shape index (κ1) is 12.7. The SMILES string of the molecule is CCN(CC1CCCO1)CC(Cl)C(=O)O. The van der Waals surface area contributed by atoms with Gasteiger partial charge in [-0.05, 0) is 19.4 Å². The molecule has 1 saturated heterocycles. The van der Waals surface area contributed by atoms with Crippen molar-refractivity contribution < 1.29 is 14.6 Å². The van der Waals surface area contributed by atoms with Gasteiger partial charge in [0, 0.05) is 19.7 Å². The normalized spacial score (nSPS) is 23.3. The van der Waals surface area contributed by atoms with Crippen LogP contribution >= 0.6 is 11.6 Å². The van der Waals surface area contributed by atoms with Crippen LogP contribution in [0.1, 0.15) is 19.8 Å². The van der Waals surface area contributed by atoms with E-state index in [0.29, 0.717) is 6.54 Å². The zero-order valence-electron chi connectivity index (χ0n) is 8.99. The summed E-state index contributed by atoms with van der Waals surface area (Å²) in [5, 5.41) is 7.87. The van der Waals surface area contributed by atoms with Gasteiger partial charge >= 0.3 is 5.97 Å². The van der Waals surface area contributed by atoms with Gasteiger partial charge in [-0.2, -0.15) is 0 Å².